The van der Waals surface area contributed by atoms with Gasteiger partial charge < -0.3 is 14.4 Å². The zero-order chi connectivity index (χ0) is 11.9. The molecule has 1 heterocycles. The fraction of sp³-hybridized carbons (Fsp3) is 0.727. The first-order valence-electron chi connectivity index (χ1n) is 5.26. The standard InChI is InChI=1S/C11H16BrNO3/c1-13-5-7-4-9(12)11(15-2,16-3)10(14)8(7)6-13/h4,7-8H,5-6H2,1-3H3/t7-,8+/m0/s1. The lowest BCUT2D eigenvalue weighted by Crippen LogP contribution is -2.51. The minimum atomic E-state index is -1.23. The molecule has 1 aliphatic heterocycles. The maximum Gasteiger partial charge on any atom is 0.262 e. The monoisotopic (exact) mass is 289 g/mol. The molecule has 0 aromatic heterocycles. The van der Waals surface area contributed by atoms with Gasteiger partial charge in [0.25, 0.3) is 5.79 Å². The van der Waals surface area contributed by atoms with Crippen LogP contribution in [0.4, 0.5) is 0 Å². The third kappa shape index (κ3) is 1.57. The summed E-state index contributed by atoms with van der Waals surface area (Å²) in [5, 5.41) is 0. The van der Waals surface area contributed by atoms with Gasteiger partial charge in [0.2, 0.25) is 5.78 Å². The fourth-order valence-corrected chi connectivity index (χ4v) is 3.48. The van der Waals surface area contributed by atoms with Crippen molar-refractivity contribution in [1.82, 2.24) is 4.90 Å². The maximum absolute atomic E-state index is 12.4. The van der Waals surface area contributed by atoms with Gasteiger partial charge >= 0.3 is 0 Å². The summed E-state index contributed by atoms with van der Waals surface area (Å²) >= 11 is 3.40. The number of fused-ring (bicyclic) bond motifs is 1. The maximum atomic E-state index is 12.4. The molecule has 0 saturated carbocycles. The highest BCUT2D eigenvalue weighted by Gasteiger charge is 2.53. The van der Waals surface area contributed by atoms with Crippen LogP contribution in [0.1, 0.15) is 0 Å². The van der Waals surface area contributed by atoms with Crippen molar-refractivity contribution in [3.8, 4) is 0 Å². The molecular formula is C11H16BrNO3. The lowest BCUT2D eigenvalue weighted by molar-refractivity contribution is -0.193. The summed E-state index contributed by atoms with van der Waals surface area (Å²) in [6, 6.07) is 0. The molecule has 0 bridgehead atoms. The Balaban J connectivity index is 2.39. The molecule has 0 N–H and O–H groups in total. The van der Waals surface area contributed by atoms with Crippen molar-refractivity contribution >= 4 is 21.7 Å². The first kappa shape index (κ1) is 12.2. The van der Waals surface area contributed by atoms with Crippen LogP contribution in [-0.2, 0) is 14.3 Å². The molecule has 0 aromatic rings. The molecule has 16 heavy (non-hydrogen) atoms. The first-order chi connectivity index (χ1) is 7.55. The Morgan fingerprint density at radius 2 is 2.06 bits per heavy atom. The minimum Gasteiger partial charge on any atom is -0.343 e. The van der Waals surface area contributed by atoms with E-state index in [1.807, 2.05) is 13.1 Å². The number of rotatable bonds is 2. The number of nitrogens with zero attached hydrogens (tertiary/aromatic N) is 1. The summed E-state index contributed by atoms with van der Waals surface area (Å²) in [6.07, 6.45) is 2.04. The Labute approximate surface area is 104 Å². The van der Waals surface area contributed by atoms with E-state index in [1.54, 1.807) is 0 Å². The molecule has 2 rings (SSSR count). The third-order valence-electron chi connectivity index (χ3n) is 3.46. The van der Waals surface area contributed by atoms with Gasteiger partial charge in [-0.2, -0.15) is 0 Å². The smallest absolute Gasteiger partial charge is 0.262 e. The highest BCUT2D eigenvalue weighted by atomic mass is 79.9. The van der Waals surface area contributed by atoms with Crippen LogP contribution >= 0.6 is 15.9 Å². The van der Waals surface area contributed by atoms with Gasteiger partial charge in [0, 0.05) is 39.1 Å². The zero-order valence-corrected chi connectivity index (χ0v) is 11.3. The average molecular weight is 290 g/mol. The van der Waals surface area contributed by atoms with Crippen molar-refractivity contribution < 1.29 is 14.3 Å². The van der Waals surface area contributed by atoms with Crippen LogP contribution in [0.25, 0.3) is 0 Å². The molecule has 4 nitrogen and oxygen atoms in total. The van der Waals surface area contributed by atoms with Gasteiger partial charge in [-0.1, -0.05) is 6.08 Å². The van der Waals surface area contributed by atoms with E-state index in [4.69, 9.17) is 9.47 Å². The van der Waals surface area contributed by atoms with E-state index in [2.05, 4.69) is 20.8 Å². The average Bonchev–Trinajstić information content (AvgIpc) is 2.61. The molecule has 1 saturated heterocycles. The summed E-state index contributed by atoms with van der Waals surface area (Å²) in [6.45, 7) is 1.68. The van der Waals surface area contributed by atoms with Gasteiger partial charge in [-0.05, 0) is 23.0 Å². The van der Waals surface area contributed by atoms with Crippen LogP contribution in [0, 0.1) is 11.8 Å². The minimum absolute atomic E-state index is 0.0150. The molecule has 1 fully saturated rings. The number of carbonyl (C=O) groups is 1. The quantitative estimate of drug-likeness (QED) is 0.712. The fourth-order valence-electron chi connectivity index (χ4n) is 2.62. The third-order valence-corrected chi connectivity index (χ3v) is 4.24. The molecule has 2 aliphatic rings. The van der Waals surface area contributed by atoms with Gasteiger partial charge in [0.05, 0.1) is 4.48 Å². The second-order valence-corrected chi connectivity index (χ2v) is 5.25. The predicted molar refractivity (Wildman–Crippen MR) is 63.2 cm³/mol. The van der Waals surface area contributed by atoms with Gasteiger partial charge in [0.1, 0.15) is 0 Å². The van der Waals surface area contributed by atoms with E-state index >= 15 is 0 Å². The second-order valence-electron chi connectivity index (χ2n) is 4.40. The van der Waals surface area contributed by atoms with Crippen LogP contribution in [0.15, 0.2) is 10.6 Å². The number of hydrogen-bond donors (Lipinski definition) is 0. The van der Waals surface area contributed by atoms with E-state index in [1.165, 1.54) is 14.2 Å². The number of Topliss-reactive ketones (excluding diaryl/α,β-unsaturated/α-hetero) is 1. The summed E-state index contributed by atoms with van der Waals surface area (Å²) in [7, 11) is 5.01. The highest BCUT2D eigenvalue weighted by molar-refractivity contribution is 9.11. The molecule has 0 spiro atoms. The van der Waals surface area contributed by atoms with Crippen LogP contribution < -0.4 is 0 Å². The largest absolute Gasteiger partial charge is 0.343 e. The number of ketones is 1. The van der Waals surface area contributed by atoms with Gasteiger partial charge in [0.15, 0.2) is 0 Å². The van der Waals surface area contributed by atoms with E-state index in [9.17, 15) is 4.79 Å². The van der Waals surface area contributed by atoms with Crippen LogP contribution in [0.5, 0.6) is 0 Å². The van der Waals surface area contributed by atoms with Crippen molar-refractivity contribution in [3.63, 3.8) is 0 Å². The summed E-state index contributed by atoms with van der Waals surface area (Å²) in [5.74, 6) is -0.968. The first-order valence-corrected chi connectivity index (χ1v) is 6.05. The topological polar surface area (TPSA) is 38.8 Å². The van der Waals surface area contributed by atoms with Crippen molar-refractivity contribution in [2.75, 3.05) is 34.4 Å². The van der Waals surface area contributed by atoms with E-state index in [0.717, 1.165) is 13.1 Å². The number of methoxy groups -OCH3 is 2. The van der Waals surface area contributed by atoms with Crippen molar-refractivity contribution in [1.29, 1.82) is 0 Å². The van der Waals surface area contributed by atoms with Crippen molar-refractivity contribution in [3.05, 3.63) is 10.6 Å². The SMILES string of the molecule is COC1(OC)C(=O)[C@@H]2CN(C)C[C@@H]2C=C1Br. The van der Waals surface area contributed by atoms with Crippen molar-refractivity contribution in [2.24, 2.45) is 11.8 Å². The van der Waals surface area contributed by atoms with E-state index in [-0.39, 0.29) is 17.6 Å². The Kier molecular flexibility index (Phi) is 3.22. The molecule has 90 valence electrons. The molecule has 5 heteroatoms. The summed E-state index contributed by atoms with van der Waals surface area (Å²) < 4.78 is 11.3. The molecule has 0 unspecified atom stereocenters. The lowest BCUT2D eigenvalue weighted by Gasteiger charge is -2.36. The number of likely N-dealkylation sites (tertiary alicyclic amines) is 1. The van der Waals surface area contributed by atoms with Gasteiger partial charge in [-0.15, -0.1) is 0 Å². The molecule has 2 atom stereocenters. The molecular weight excluding hydrogens is 274 g/mol. The van der Waals surface area contributed by atoms with Gasteiger partial charge in [-0.25, -0.2) is 0 Å². The molecule has 0 aromatic carbocycles. The Morgan fingerprint density at radius 1 is 1.44 bits per heavy atom. The normalized spacial score (nSPS) is 33.8. The van der Waals surface area contributed by atoms with Crippen molar-refractivity contribution in [2.45, 2.75) is 5.79 Å². The summed E-state index contributed by atoms with van der Waals surface area (Å²) in [5.41, 5.74) is 0. The van der Waals surface area contributed by atoms with Crippen LogP contribution in [-0.4, -0.2) is 50.8 Å². The number of hydrogen-bond acceptors (Lipinski definition) is 4. The number of ether oxygens (including phenoxy) is 2. The van der Waals surface area contributed by atoms with E-state index < -0.39 is 5.79 Å². The Morgan fingerprint density at radius 3 is 2.62 bits per heavy atom. The second kappa shape index (κ2) is 4.22. The molecule has 0 amide bonds. The predicted octanol–water partition coefficient (Wildman–Crippen LogP) is 1.01. The lowest BCUT2D eigenvalue weighted by atomic mass is 9.82. The molecule has 1 aliphatic carbocycles. The highest BCUT2D eigenvalue weighted by Crippen LogP contribution is 2.41. The Hall–Kier alpha value is -0.230. The van der Waals surface area contributed by atoms with Crippen LogP contribution in [0.3, 0.4) is 0 Å². The van der Waals surface area contributed by atoms with E-state index in [0.29, 0.717) is 4.48 Å². The number of carbonyl (C=O) groups excluding carboxylic acids is 1. The number of halogens is 1. The summed E-state index contributed by atoms with van der Waals surface area (Å²) in [4.78, 5) is 14.6. The molecule has 0 radical (unpaired) electrons. The Bertz CT molecular complexity index is 338. The van der Waals surface area contributed by atoms with Gasteiger partial charge in [-0.3, -0.25) is 4.79 Å². The zero-order valence-electron chi connectivity index (χ0n) is 9.70. The van der Waals surface area contributed by atoms with Crippen LogP contribution in [0.2, 0.25) is 0 Å².